The van der Waals surface area contributed by atoms with Gasteiger partial charge in [0.05, 0.1) is 30.5 Å². The molecule has 8 heteroatoms. The average molecular weight is 413 g/mol. The maximum Gasteiger partial charge on any atom is 0.341 e. The van der Waals surface area contributed by atoms with Gasteiger partial charge in [-0.25, -0.2) is 4.79 Å². The monoisotopic (exact) mass is 413 g/mol. The third kappa shape index (κ3) is 3.85. The first-order valence-corrected chi connectivity index (χ1v) is 10.5. The van der Waals surface area contributed by atoms with Crippen molar-refractivity contribution in [3.8, 4) is 0 Å². The Kier molecular flexibility index (Phi) is 5.27. The van der Waals surface area contributed by atoms with Gasteiger partial charge >= 0.3 is 5.97 Å². The molecule has 1 aromatic carbocycles. The van der Waals surface area contributed by atoms with Crippen molar-refractivity contribution in [2.45, 2.75) is 38.6 Å². The van der Waals surface area contributed by atoms with Crippen LogP contribution in [0, 0.1) is 5.92 Å². The van der Waals surface area contributed by atoms with Crippen LogP contribution >= 0.6 is 11.3 Å². The van der Waals surface area contributed by atoms with Gasteiger partial charge in [-0.05, 0) is 42.9 Å². The fourth-order valence-electron chi connectivity index (χ4n) is 3.85. The lowest BCUT2D eigenvalue weighted by Gasteiger charge is -2.26. The molecule has 2 heterocycles. The lowest BCUT2D eigenvalue weighted by Crippen LogP contribution is -2.41. The summed E-state index contributed by atoms with van der Waals surface area (Å²) in [5, 5.41) is 9.28. The van der Waals surface area contributed by atoms with Crippen LogP contribution < -0.4 is 16.0 Å². The van der Waals surface area contributed by atoms with E-state index in [1.165, 1.54) is 18.4 Å². The normalized spacial score (nSPS) is 20.0. The van der Waals surface area contributed by atoms with Gasteiger partial charge in [0.2, 0.25) is 11.8 Å². The van der Waals surface area contributed by atoms with Crippen LogP contribution in [-0.4, -0.2) is 30.9 Å². The third-order valence-corrected chi connectivity index (χ3v) is 6.54. The molecular formula is C21H23N3O4S. The first kappa shape index (κ1) is 19.4. The molecule has 0 fully saturated rings. The van der Waals surface area contributed by atoms with Crippen molar-refractivity contribution in [2.24, 2.45) is 5.92 Å². The van der Waals surface area contributed by atoms with Gasteiger partial charge in [0, 0.05) is 4.88 Å². The van der Waals surface area contributed by atoms with E-state index in [9.17, 15) is 14.4 Å². The molecule has 0 saturated heterocycles. The van der Waals surface area contributed by atoms with Crippen molar-refractivity contribution < 1.29 is 19.1 Å². The number of amides is 2. The summed E-state index contributed by atoms with van der Waals surface area (Å²) in [4.78, 5) is 38.5. The van der Waals surface area contributed by atoms with Crippen LogP contribution in [0.15, 0.2) is 24.3 Å². The Morgan fingerprint density at radius 3 is 2.79 bits per heavy atom. The molecule has 7 nitrogen and oxygen atoms in total. The van der Waals surface area contributed by atoms with E-state index >= 15 is 0 Å². The number of benzene rings is 1. The van der Waals surface area contributed by atoms with Crippen LogP contribution in [0.2, 0.25) is 0 Å². The number of esters is 1. The summed E-state index contributed by atoms with van der Waals surface area (Å²) < 4.78 is 4.96. The molecule has 0 bridgehead atoms. The minimum Gasteiger partial charge on any atom is -0.465 e. The molecule has 3 N–H and O–H groups in total. The summed E-state index contributed by atoms with van der Waals surface area (Å²) in [6, 6.07) is 6.67. The van der Waals surface area contributed by atoms with Gasteiger partial charge in [-0.15, -0.1) is 11.3 Å². The fraction of sp³-hybridized carbons (Fsp3) is 0.381. The topological polar surface area (TPSA) is 96.5 Å². The number of hydrogen-bond acceptors (Lipinski definition) is 6. The number of ether oxygens (including phenoxy) is 1. The Morgan fingerprint density at radius 2 is 2.03 bits per heavy atom. The molecule has 2 aliphatic rings. The Labute approximate surface area is 172 Å². The van der Waals surface area contributed by atoms with Crippen LogP contribution in [0.3, 0.4) is 0 Å². The lowest BCUT2D eigenvalue weighted by atomic mass is 9.88. The van der Waals surface area contributed by atoms with Crippen molar-refractivity contribution in [1.82, 2.24) is 0 Å². The number of carbonyl (C=O) groups excluding carboxylic acids is 3. The van der Waals surface area contributed by atoms with Gasteiger partial charge in [0.15, 0.2) is 0 Å². The van der Waals surface area contributed by atoms with Crippen molar-refractivity contribution in [3.63, 3.8) is 0 Å². The van der Waals surface area contributed by atoms with Crippen LogP contribution in [0.4, 0.5) is 16.4 Å². The molecule has 1 aromatic heterocycles. The summed E-state index contributed by atoms with van der Waals surface area (Å²) in [5.41, 5.74) is 2.92. The first-order chi connectivity index (χ1) is 14.0. The molecule has 2 atom stereocenters. The van der Waals surface area contributed by atoms with Crippen molar-refractivity contribution in [3.05, 3.63) is 40.3 Å². The molecular weight excluding hydrogens is 390 g/mol. The quantitative estimate of drug-likeness (QED) is 0.668. The number of para-hydroxylation sites is 2. The van der Waals surface area contributed by atoms with Crippen LogP contribution in [0.25, 0.3) is 0 Å². The molecule has 0 spiro atoms. The number of thiophene rings is 1. The summed E-state index contributed by atoms with van der Waals surface area (Å²) >= 11 is 1.44. The molecule has 2 aromatic rings. The Balaban J connectivity index is 1.52. The Hall–Kier alpha value is -2.87. The summed E-state index contributed by atoms with van der Waals surface area (Å²) in [6.07, 6.45) is 2.66. The largest absolute Gasteiger partial charge is 0.465 e. The van der Waals surface area contributed by atoms with E-state index < -0.39 is 12.0 Å². The molecule has 0 radical (unpaired) electrons. The molecule has 1 aliphatic carbocycles. The van der Waals surface area contributed by atoms with Crippen LogP contribution in [-0.2, 0) is 27.2 Å². The van der Waals surface area contributed by atoms with E-state index in [1.807, 2.05) is 18.2 Å². The second-order valence-corrected chi connectivity index (χ2v) is 8.64. The van der Waals surface area contributed by atoms with Gasteiger partial charge in [-0.1, -0.05) is 19.1 Å². The van der Waals surface area contributed by atoms with E-state index in [-0.39, 0.29) is 18.2 Å². The Bertz CT molecular complexity index is 984. The van der Waals surface area contributed by atoms with Crippen molar-refractivity contribution in [1.29, 1.82) is 0 Å². The molecule has 2 unspecified atom stereocenters. The number of methoxy groups -OCH3 is 1. The zero-order valence-corrected chi connectivity index (χ0v) is 17.2. The van der Waals surface area contributed by atoms with E-state index in [1.54, 1.807) is 6.07 Å². The summed E-state index contributed by atoms with van der Waals surface area (Å²) in [5.74, 6) is -0.472. The standard InChI is InChI=1S/C21H23N3O4S/c1-11-7-8-12-16(9-11)29-20(18(12)21(27)28-2)24-17(25)10-15-19(26)23-14-6-4-3-5-13(14)22-15/h3-6,11,15,22H,7-10H2,1-2H3,(H,23,26)(H,24,25). The number of anilines is 3. The highest BCUT2D eigenvalue weighted by molar-refractivity contribution is 7.17. The zero-order valence-electron chi connectivity index (χ0n) is 16.3. The van der Waals surface area contributed by atoms with Gasteiger partial charge in [-0.2, -0.15) is 0 Å². The summed E-state index contributed by atoms with van der Waals surface area (Å²) in [6.45, 7) is 2.18. The van der Waals surface area contributed by atoms with Gasteiger partial charge in [0.25, 0.3) is 0 Å². The smallest absolute Gasteiger partial charge is 0.341 e. The minimum absolute atomic E-state index is 0.0419. The number of rotatable bonds is 4. The second kappa shape index (κ2) is 7.87. The van der Waals surface area contributed by atoms with Crippen LogP contribution in [0.1, 0.15) is 40.6 Å². The minimum atomic E-state index is -0.680. The predicted octanol–water partition coefficient (Wildman–Crippen LogP) is 3.42. The number of hydrogen-bond donors (Lipinski definition) is 3. The van der Waals surface area contributed by atoms with Crippen LogP contribution in [0.5, 0.6) is 0 Å². The predicted molar refractivity (Wildman–Crippen MR) is 113 cm³/mol. The van der Waals surface area contributed by atoms with Crippen molar-refractivity contribution in [2.75, 3.05) is 23.1 Å². The highest BCUT2D eigenvalue weighted by atomic mass is 32.1. The number of fused-ring (bicyclic) bond motifs is 2. The van der Waals surface area contributed by atoms with Gasteiger partial charge in [0.1, 0.15) is 11.0 Å². The number of nitrogens with one attached hydrogen (secondary N) is 3. The molecule has 4 rings (SSSR count). The highest BCUT2D eigenvalue weighted by Gasteiger charge is 2.31. The zero-order chi connectivity index (χ0) is 20.5. The first-order valence-electron chi connectivity index (χ1n) is 9.65. The molecule has 0 saturated carbocycles. The molecule has 29 heavy (non-hydrogen) atoms. The maximum atomic E-state index is 12.7. The highest BCUT2D eigenvalue weighted by Crippen LogP contribution is 2.40. The molecule has 152 valence electrons. The van der Waals surface area contributed by atoms with E-state index in [0.29, 0.717) is 22.2 Å². The van der Waals surface area contributed by atoms with E-state index in [4.69, 9.17) is 4.74 Å². The lowest BCUT2D eigenvalue weighted by molar-refractivity contribution is -0.122. The Morgan fingerprint density at radius 1 is 1.28 bits per heavy atom. The SMILES string of the molecule is COC(=O)c1c(NC(=O)CC2Nc3ccccc3NC2=O)sc2c1CCC(C)C2. The fourth-order valence-corrected chi connectivity index (χ4v) is 5.27. The second-order valence-electron chi connectivity index (χ2n) is 7.53. The summed E-state index contributed by atoms with van der Waals surface area (Å²) in [7, 11) is 1.34. The molecule has 2 amide bonds. The number of carbonyl (C=O) groups is 3. The maximum absolute atomic E-state index is 12.7. The average Bonchev–Trinajstić information content (AvgIpc) is 3.04. The van der Waals surface area contributed by atoms with Crippen molar-refractivity contribution >= 4 is 45.5 Å². The molecule has 1 aliphatic heterocycles. The van der Waals surface area contributed by atoms with E-state index in [0.717, 1.165) is 35.4 Å². The third-order valence-electron chi connectivity index (χ3n) is 5.37. The van der Waals surface area contributed by atoms with Gasteiger partial charge < -0.3 is 20.7 Å². The van der Waals surface area contributed by atoms with E-state index in [2.05, 4.69) is 22.9 Å². The van der Waals surface area contributed by atoms with Gasteiger partial charge in [-0.3, -0.25) is 9.59 Å².